The number of hydrogen-bond acceptors (Lipinski definition) is 3. The molecule has 2 heterocycles. The third-order valence-corrected chi connectivity index (χ3v) is 2.49. The van der Waals surface area contributed by atoms with E-state index in [1.807, 2.05) is 23.3 Å². The second-order valence-electron chi connectivity index (χ2n) is 4.97. The molecule has 0 bridgehead atoms. The SMILES string of the molecule is CC(C)(C)c1cn(CCc2cn[nH]c2)nn1. The first-order valence-electron chi connectivity index (χ1n) is 5.44. The van der Waals surface area contributed by atoms with Crippen LogP contribution < -0.4 is 0 Å². The minimum absolute atomic E-state index is 0.0634. The van der Waals surface area contributed by atoms with Gasteiger partial charge in [-0.2, -0.15) is 5.10 Å². The molecule has 5 nitrogen and oxygen atoms in total. The van der Waals surface area contributed by atoms with Crippen molar-refractivity contribution in [2.45, 2.75) is 39.2 Å². The second-order valence-corrected chi connectivity index (χ2v) is 4.97. The Labute approximate surface area is 94.9 Å². The van der Waals surface area contributed by atoms with Crippen molar-refractivity contribution in [3.63, 3.8) is 0 Å². The number of rotatable bonds is 3. The Morgan fingerprint density at radius 2 is 2.19 bits per heavy atom. The summed E-state index contributed by atoms with van der Waals surface area (Å²) in [4.78, 5) is 0. The molecule has 0 radical (unpaired) electrons. The van der Waals surface area contributed by atoms with Gasteiger partial charge in [-0.3, -0.25) is 9.78 Å². The van der Waals surface area contributed by atoms with Crippen LogP contribution in [0.5, 0.6) is 0 Å². The van der Waals surface area contributed by atoms with Crippen molar-refractivity contribution >= 4 is 0 Å². The maximum absolute atomic E-state index is 4.18. The molecule has 1 N–H and O–H groups in total. The third kappa shape index (κ3) is 2.48. The van der Waals surface area contributed by atoms with Crippen molar-refractivity contribution in [1.29, 1.82) is 0 Å². The predicted molar refractivity (Wildman–Crippen MR) is 61.0 cm³/mol. The monoisotopic (exact) mass is 219 g/mol. The molecular formula is C11H17N5. The van der Waals surface area contributed by atoms with Crippen molar-refractivity contribution in [2.24, 2.45) is 0 Å². The molecule has 0 saturated heterocycles. The topological polar surface area (TPSA) is 59.4 Å². The Kier molecular flexibility index (Phi) is 2.77. The first-order chi connectivity index (χ1) is 7.55. The molecular weight excluding hydrogens is 202 g/mol. The van der Waals surface area contributed by atoms with E-state index < -0.39 is 0 Å². The first kappa shape index (κ1) is 10.9. The lowest BCUT2D eigenvalue weighted by molar-refractivity contribution is 0.565. The van der Waals surface area contributed by atoms with Crippen molar-refractivity contribution in [3.05, 3.63) is 29.8 Å². The summed E-state index contributed by atoms with van der Waals surface area (Å²) in [6.07, 6.45) is 6.67. The van der Waals surface area contributed by atoms with Gasteiger partial charge in [-0.15, -0.1) is 5.10 Å². The number of aromatic nitrogens is 5. The molecule has 0 saturated carbocycles. The van der Waals surface area contributed by atoms with E-state index in [0.29, 0.717) is 0 Å². The van der Waals surface area contributed by atoms with Gasteiger partial charge in [0.25, 0.3) is 0 Å². The Morgan fingerprint density at radius 3 is 2.75 bits per heavy atom. The molecule has 0 aliphatic rings. The molecule has 0 atom stereocenters. The Morgan fingerprint density at radius 1 is 1.38 bits per heavy atom. The van der Waals surface area contributed by atoms with Gasteiger partial charge in [0.2, 0.25) is 0 Å². The summed E-state index contributed by atoms with van der Waals surface area (Å²) in [5.41, 5.74) is 2.28. The molecule has 2 rings (SSSR count). The lowest BCUT2D eigenvalue weighted by Crippen LogP contribution is -2.11. The Hall–Kier alpha value is -1.65. The summed E-state index contributed by atoms with van der Waals surface area (Å²) >= 11 is 0. The van der Waals surface area contributed by atoms with Crippen molar-refractivity contribution in [1.82, 2.24) is 25.2 Å². The van der Waals surface area contributed by atoms with Crippen molar-refractivity contribution in [2.75, 3.05) is 0 Å². The van der Waals surface area contributed by atoms with Crippen LogP contribution in [0.15, 0.2) is 18.6 Å². The number of aromatic amines is 1. The Balaban J connectivity index is 1.98. The molecule has 16 heavy (non-hydrogen) atoms. The zero-order chi connectivity index (χ0) is 11.6. The van der Waals surface area contributed by atoms with E-state index in [9.17, 15) is 0 Å². The van der Waals surface area contributed by atoms with Crippen LogP contribution in [0.1, 0.15) is 32.0 Å². The maximum Gasteiger partial charge on any atom is 0.0880 e. The summed E-state index contributed by atoms with van der Waals surface area (Å²) in [6.45, 7) is 7.24. The van der Waals surface area contributed by atoms with Gasteiger partial charge in [0.05, 0.1) is 11.9 Å². The number of nitrogens with one attached hydrogen (secondary N) is 1. The van der Waals surface area contributed by atoms with Gasteiger partial charge >= 0.3 is 0 Å². The van der Waals surface area contributed by atoms with Gasteiger partial charge in [0, 0.05) is 24.4 Å². The molecule has 0 unspecified atom stereocenters. The van der Waals surface area contributed by atoms with Crippen LogP contribution in [0.3, 0.4) is 0 Å². The molecule has 5 heteroatoms. The van der Waals surface area contributed by atoms with Gasteiger partial charge in [-0.25, -0.2) is 0 Å². The van der Waals surface area contributed by atoms with E-state index in [0.717, 1.165) is 18.7 Å². The minimum atomic E-state index is 0.0634. The Bertz CT molecular complexity index is 435. The number of nitrogens with zero attached hydrogens (tertiary/aromatic N) is 4. The molecule has 0 amide bonds. The molecule has 86 valence electrons. The molecule has 0 fully saturated rings. The molecule has 0 aliphatic heterocycles. The summed E-state index contributed by atoms with van der Waals surface area (Å²) in [5.74, 6) is 0. The van der Waals surface area contributed by atoms with Gasteiger partial charge in [-0.05, 0) is 12.0 Å². The molecule has 0 spiro atoms. The zero-order valence-electron chi connectivity index (χ0n) is 9.94. The lowest BCUT2D eigenvalue weighted by Gasteiger charge is -2.12. The van der Waals surface area contributed by atoms with E-state index in [4.69, 9.17) is 0 Å². The number of H-pyrrole nitrogens is 1. The largest absolute Gasteiger partial charge is 0.285 e. The zero-order valence-corrected chi connectivity index (χ0v) is 9.94. The first-order valence-corrected chi connectivity index (χ1v) is 5.44. The van der Waals surface area contributed by atoms with Gasteiger partial charge in [-0.1, -0.05) is 26.0 Å². The molecule has 0 aromatic carbocycles. The van der Waals surface area contributed by atoms with Crippen molar-refractivity contribution in [3.8, 4) is 0 Å². The van der Waals surface area contributed by atoms with Crippen LogP contribution in [0.2, 0.25) is 0 Å². The summed E-state index contributed by atoms with van der Waals surface area (Å²) in [7, 11) is 0. The summed E-state index contributed by atoms with van der Waals surface area (Å²) in [5, 5.41) is 15.0. The fourth-order valence-corrected chi connectivity index (χ4v) is 1.41. The average molecular weight is 219 g/mol. The van der Waals surface area contributed by atoms with E-state index in [1.165, 1.54) is 5.56 Å². The second kappa shape index (κ2) is 4.08. The minimum Gasteiger partial charge on any atom is -0.285 e. The van der Waals surface area contributed by atoms with E-state index in [2.05, 4.69) is 41.3 Å². The van der Waals surface area contributed by atoms with Crippen LogP contribution in [-0.2, 0) is 18.4 Å². The fourth-order valence-electron chi connectivity index (χ4n) is 1.41. The summed E-state index contributed by atoms with van der Waals surface area (Å²) < 4.78 is 1.88. The van der Waals surface area contributed by atoms with Gasteiger partial charge < -0.3 is 0 Å². The average Bonchev–Trinajstić information content (AvgIpc) is 2.85. The van der Waals surface area contributed by atoms with Gasteiger partial charge in [0.15, 0.2) is 0 Å². The van der Waals surface area contributed by atoms with E-state index >= 15 is 0 Å². The third-order valence-electron chi connectivity index (χ3n) is 2.49. The summed E-state index contributed by atoms with van der Waals surface area (Å²) in [6, 6.07) is 0. The molecule has 2 aromatic rings. The maximum atomic E-state index is 4.18. The highest BCUT2D eigenvalue weighted by Gasteiger charge is 2.17. The van der Waals surface area contributed by atoms with Crippen LogP contribution in [0.4, 0.5) is 0 Å². The highest BCUT2D eigenvalue weighted by molar-refractivity contribution is 5.07. The quantitative estimate of drug-likeness (QED) is 0.851. The molecule has 0 aliphatic carbocycles. The standard InChI is InChI=1S/C11H17N5/c1-11(2,3)10-8-16(15-14-10)5-4-9-6-12-13-7-9/h6-8H,4-5H2,1-3H3,(H,12,13). The van der Waals surface area contributed by atoms with Crippen LogP contribution in [0.25, 0.3) is 0 Å². The normalized spacial score (nSPS) is 11.9. The number of hydrogen-bond donors (Lipinski definition) is 1. The van der Waals surface area contributed by atoms with E-state index in [-0.39, 0.29) is 5.41 Å². The number of aryl methyl sites for hydroxylation is 2. The van der Waals surface area contributed by atoms with Crippen LogP contribution >= 0.6 is 0 Å². The lowest BCUT2D eigenvalue weighted by atomic mass is 9.93. The highest BCUT2D eigenvalue weighted by Crippen LogP contribution is 2.18. The molecule has 2 aromatic heterocycles. The van der Waals surface area contributed by atoms with Crippen LogP contribution in [-0.4, -0.2) is 25.2 Å². The van der Waals surface area contributed by atoms with Crippen LogP contribution in [0, 0.1) is 0 Å². The fraction of sp³-hybridized carbons (Fsp3) is 0.545. The highest BCUT2D eigenvalue weighted by atomic mass is 15.4. The van der Waals surface area contributed by atoms with Gasteiger partial charge in [0.1, 0.15) is 0 Å². The van der Waals surface area contributed by atoms with Crippen molar-refractivity contribution < 1.29 is 0 Å². The van der Waals surface area contributed by atoms with E-state index in [1.54, 1.807) is 0 Å². The predicted octanol–water partition coefficient (Wildman–Crippen LogP) is 1.54. The smallest absolute Gasteiger partial charge is 0.0880 e.